The van der Waals surface area contributed by atoms with Crippen LogP contribution < -0.4 is 5.32 Å². The molecule has 0 radical (unpaired) electrons. The minimum absolute atomic E-state index is 0. The molecule has 0 aliphatic heterocycles. The topological polar surface area (TPSA) is 79.6 Å². The highest BCUT2D eigenvalue weighted by Crippen LogP contribution is 2.32. The van der Waals surface area contributed by atoms with E-state index >= 15 is 0 Å². The first-order valence-corrected chi connectivity index (χ1v) is 9.93. The summed E-state index contributed by atoms with van der Waals surface area (Å²) in [6, 6.07) is 5.14. The Hall–Kier alpha value is -1.94. The Morgan fingerprint density at radius 2 is 1.96 bits per heavy atom. The van der Waals surface area contributed by atoms with Gasteiger partial charge in [-0.3, -0.25) is 0 Å². The van der Waals surface area contributed by atoms with Gasteiger partial charge >= 0.3 is 0 Å². The van der Waals surface area contributed by atoms with Gasteiger partial charge in [0.2, 0.25) is 9.84 Å². The molecule has 0 aliphatic rings. The Kier molecular flexibility index (Phi) is 6.55. The molecule has 0 saturated carbocycles. The van der Waals surface area contributed by atoms with Crippen molar-refractivity contribution in [3.63, 3.8) is 0 Å². The molecule has 0 spiro atoms. The summed E-state index contributed by atoms with van der Waals surface area (Å²) in [7, 11) is 1.33. The van der Waals surface area contributed by atoms with Crippen molar-refractivity contribution >= 4 is 45.3 Å². The molecule has 28 heavy (non-hydrogen) atoms. The number of hydrogen-bond donors (Lipinski definition) is 1. The Balaban J connectivity index is 0.00000280. The molecule has 3 rings (SSSR count). The number of benzene rings is 1. The SMILES string of the molecule is CNc1nn2c(C)cc(CN(C)C)nc2c1S(=O)(=O)c1ccc(F)c(Cl)c1.Cl. The van der Waals surface area contributed by atoms with Crippen LogP contribution in [0.4, 0.5) is 10.2 Å². The Bertz CT molecular complexity index is 1130. The fraction of sp³-hybridized carbons (Fsp3) is 0.294. The molecule has 0 fully saturated rings. The van der Waals surface area contributed by atoms with E-state index in [1.807, 2.05) is 32.0 Å². The Morgan fingerprint density at radius 3 is 2.54 bits per heavy atom. The van der Waals surface area contributed by atoms with Gasteiger partial charge in [0, 0.05) is 19.3 Å². The molecule has 3 aromatic rings. The minimum atomic E-state index is -4.04. The molecule has 0 amide bonds. The van der Waals surface area contributed by atoms with Crippen LogP contribution in [0.25, 0.3) is 5.65 Å². The summed E-state index contributed by atoms with van der Waals surface area (Å²) < 4.78 is 41.5. The predicted octanol–water partition coefficient (Wildman–Crippen LogP) is 3.19. The van der Waals surface area contributed by atoms with Crippen molar-refractivity contribution in [2.75, 3.05) is 26.5 Å². The lowest BCUT2D eigenvalue weighted by Gasteiger charge is -2.11. The van der Waals surface area contributed by atoms with Gasteiger partial charge < -0.3 is 10.2 Å². The van der Waals surface area contributed by atoms with Gasteiger partial charge in [-0.1, -0.05) is 11.6 Å². The summed E-state index contributed by atoms with van der Waals surface area (Å²) in [5.41, 5.74) is 1.66. The molecule has 11 heteroatoms. The van der Waals surface area contributed by atoms with E-state index in [-0.39, 0.29) is 38.7 Å². The van der Waals surface area contributed by atoms with Crippen molar-refractivity contribution in [2.24, 2.45) is 0 Å². The van der Waals surface area contributed by atoms with Crippen molar-refractivity contribution in [2.45, 2.75) is 23.3 Å². The van der Waals surface area contributed by atoms with Crippen LogP contribution in [0, 0.1) is 12.7 Å². The van der Waals surface area contributed by atoms with Crippen molar-refractivity contribution in [1.82, 2.24) is 19.5 Å². The molecule has 0 unspecified atom stereocenters. The summed E-state index contributed by atoms with van der Waals surface area (Å²) in [6.07, 6.45) is 0. The maximum Gasteiger partial charge on any atom is 0.214 e. The van der Waals surface area contributed by atoms with E-state index in [1.165, 1.54) is 10.6 Å². The fourth-order valence-electron chi connectivity index (χ4n) is 2.79. The third-order valence-corrected chi connectivity index (χ3v) is 6.04. The van der Waals surface area contributed by atoms with E-state index in [1.54, 1.807) is 7.05 Å². The highest BCUT2D eigenvalue weighted by Gasteiger charge is 2.29. The number of sulfone groups is 1. The van der Waals surface area contributed by atoms with Gasteiger partial charge in [-0.15, -0.1) is 17.5 Å². The molecule has 0 saturated heterocycles. The molecule has 0 atom stereocenters. The molecule has 2 aromatic heterocycles. The van der Waals surface area contributed by atoms with Crippen molar-refractivity contribution in [3.8, 4) is 0 Å². The molecule has 0 bridgehead atoms. The van der Waals surface area contributed by atoms with E-state index in [0.717, 1.165) is 17.8 Å². The Labute approximate surface area is 173 Å². The average Bonchev–Trinajstić information content (AvgIpc) is 2.96. The second-order valence-electron chi connectivity index (χ2n) is 6.37. The number of nitrogens with one attached hydrogen (secondary N) is 1. The minimum Gasteiger partial charge on any atom is -0.370 e. The lowest BCUT2D eigenvalue weighted by molar-refractivity contribution is 0.396. The maximum atomic E-state index is 13.5. The number of halogens is 3. The van der Waals surface area contributed by atoms with Crippen LogP contribution in [-0.2, 0) is 16.4 Å². The maximum absolute atomic E-state index is 13.5. The van der Waals surface area contributed by atoms with Gasteiger partial charge in [-0.25, -0.2) is 22.3 Å². The van der Waals surface area contributed by atoms with Gasteiger partial charge in [0.15, 0.2) is 16.4 Å². The van der Waals surface area contributed by atoms with Crippen molar-refractivity contribution in [1.29, 1.82) is 0 Å². The smallest absolute Gasteiger partial charge is 0.214 e. The molecule has 2 heterocycles. The van der Waals surface area contributed by atoms with Crippen LogP contribution >= 0.6 is 24.0 Å². The summed E-state index contributed by atoms with van der Waals surface area (Å²) >= 11 is 5.78. The van der Waals surface area contributed by atoms with Crippen LogP contribution in [0.2, 0.25) is 5.02 Å². The van der Waals surface area contributed by atoms with E-state index in [0.29, 0.717) is 12.2 Å². The number of rotatable bonds is 5. The molecule has 1 aromatic carbocycles. The first kappa shape index (κ1) is 22.4. The zero-order valence-electron chi connectivity index (χ0n) is 15.7. The van der Waals surface area contributed by atoms with E-state index < -0.39 is 15.7 Å². The van der Waals surface area contributed by atoms with Crippen LogP contribution in [0.5, 0.6) is 0 Å². The van der Waals surface area contributed by atoms with Crippen molar-refractivity contribution < 1.29 is 12.8 Å². The van der Waals surface area contributed by atoms with Crippen LogP contribution in [0.15, 0.2) is 34.1 Å². The standard InChI is InChI=1S/C17H19ClFN5O2S.ClH/c1-10-7-11(9-23(3)4)21-17-15(16(20-2)22-24(10)17)27(25,26)12-5-6-14(19)13(18)8-12;/h5-8H,9H2,1-4H3,(H,20,22);1H. The van der Waals surface area contributed by atoms with E-state index in [4.69, 9.17) is 11.6 Å². The number of aromatic nitrogens is 3. The second kappa shape index (κ2) is 8.20. The summed E-state index contributed by atoms with van der Waals surface area (Å²) in [5, 5.41) is 6.86. The van der Waals surface area contributed by atoms with Crippen molar-refractivity contribution in [3.05, 3.63) is 46.5 Å². The molecular weight excluding hydrogens is 428 g/mol. The van der Waals surface area contributed by atoms with Gasteiger partial charge in [-0.05, 0) is 45.3 Å². The van der Waals surface area contributed by atoms with Gasteiger partial charge in [-0.2, -0.15) is 0 Å². The molecule has 1 N–H and O–H groups in total. The number of anilines is 1. The zero-order chi connectivity index (χ0) is 19.9. The quantitative estimate of drug-likeness (QED) is 0.604. The van der Waals surface area contributed by atoms with E-state index in [9.17, 15) is 12.8 Å². The van der Waals surface area contributed by atoms with Crippen LogP contribution in [0.1, 0.15) is 11.4 Å². The molecule has 152 valence electrons. The predicted molar refractivity (Wildman–Crippen MR) is 109 cm³/mol. The van der Waals surface area contributed by atoms with Gasteiger partial charge in [0.25, 0.3) is 0 Å². The fourth-order valence-corrected chi connectivity index (χ4v) is 4.56. The van der Waals surface area contributed by atoms with Gasteiger partial charge in [0.05, 0.1) is 15.6 Å². The van der Waals surface area contributed by atoms with Gasteiger partial charge in [0.1, 0.15) is 5.82 Å². The number of hydrogen-bond acceptors (Lipinski definition) is 6. The summed E-state index contributed by atoms with van der Waals surface area (Å²) in [5.74, 6) is -0.528. The third kappa shape index (κ3) is 3.93. The van der Waals surface area contributed by atoms with Crippen LogP contribution in [-0.4, -0.2) is 49.1 Å². The number of fused-ring (bicyclic) bond motifs is 1. The normalized spacial score (nSPS) is 11.7. The number of nitrogens with zero attached hydrogens (tertiary/aromatic N) is 4. The van der Waals surface area contributed by atoms with E-state index in [2.05, 4.69) is 15.4 Å². The first-order chi connectivity index (χ1) is 12.6. The third-order valence-electron chi connectivity index (χ3n) is 3.96. The highest BCUT2D eigenvalue weighted by molar-refractivity contribution is 7.91. The second-order valence-corrected chi connectivity index (χ2v) is 8.66. The lowest BCUT2D eigenvalue weighted by Crippen LogP contribution is -2.13. The van der Waals surface area contributed by atoms with Crippen LogP contribution in [0.3, 0.4) is 0 Å². The average molecular weight is 448 g/mol. The molecule has 7 nitrogen and oxygen atoms in total. The monoisotopic (exact) mass is 447 g/mol. The summed E-state index contributed by atoms with van der Waals surface area (Å²) in [6.45, 7) is 2.37. The highest BCUT2D eigenvalue weighted by atomic mass is 35.5. The molecular formula is C17H20Cl2FN5O2S. The summed E-state index contributed by atoms with van der Waals surface area (Å²) in [4.78, 5) is 6.24. The first-order valence-electron chi connectivity index (χ1n) is 8.07. The number of aryl methyl sites for hydroxylation is 1. The molecule has 0 aliphatic carbocycles. The zero-order valence-corrected chi connectivity index (χ0v) is 18.1. The Morgan fingerprint density at radius 1 is 1.29 bits per heavy atom. The lowest BCUT2D eigenvalue weighted by atomic mass is 10.3. The largest absolute Gasteiger partial charge is 0.370 e.